The lowest BCUT2D eigenvalue weighted by Gasteiger charge is -2.50. The Morgan fingerprint density at radius 1 is 1.35 bits per heavy atom. The molecule has 2 unspecified atom stereocenters. The minimum Gasteiger partial charge on any atom is -0.504 e. The zero-order valence-electron chi connectivity index (χ0n) is 14.1. The van der Waals surface area contributed by atoms with Crippen LogP contribution in [-0.2, 0) is 10.2 Å². The molecule has 1 aromatic rings. The summed E-state index contributed by atoms with van der Waals surface area (Å²) in [6, 6.07) is 3.40. The molecule has 1 aromatic carbocycles. The van der Waals surface area contributed by atoms with Gasteiger partial charge in [-0.25, -0.2) is 0 Å². The van der Waals surface area contributed by atoms with E-state index in [0.29, 0.717) is 12.2 Å². The fourth-order valence-corrected chi connectivity index (χ4v) is 4.41. The number of aromatic hydroxyl groups is 1. The number of aryl methyl sites for hydroxylation is 1. The van der Waals surface area contributed by atoms with Crippen molar-refractivity contribution in [3.8, 4) is 11.5 Å². The Hall–Kier alpha value is -1.81. The van der Waals surface area contributed by atoms with Crippen LogP contribution in [0.2, 0.25) is 0 Å². The van der Waals surface area contributed by atoms with Crippen LogP contribution in [0.4, 0.5) is 0 Å². The first kappa shape index (κ1) is 16.1. The number of aliphatic hydroxyl groups is 1. The number of hydrogen-bond acceptors (Lipinski definition) is 4. The maximum absolute atomic E-state index is 12.6. The Morgan fingerprint density at radius 3 is 2.65 bits per heavy atom. The smallest absolute Gasteiger partial charge is 0.196 e. The molecule has 1 aliphatic carbocycles. The van der Waals surface area contributed by atoms with Gasteiger partial charge in [0.25, 0.3) is 0 Å². The van der Waals surface area contributed by atoms with Crippen molar-refractivity contribution < 1.29 is 19.7 Å². The number of phenolic OH excluding ortho intramolecular Hbond substituents is 1. The highest BCUT2D eigenvalue weighted by atomic mass is 16.5. The lowest BCUT2D eigenvalue weighted by molar-refractivity contribution is -0.135. The summed E-state index contributed by atoms with van der Waals surface area (Å²) in [6.45, 7) is 7.87. The molecular weight excluding hydrogens is 292 g/mol. The summed E-state index contributed by atoms with van der Waals surface area (Å²) >= 11 is 0. The van der Waals surface area contributed by atoms with Crippen LogP contribution in [0.25, 0.3) is 0 Å². The summed E-state index contributed by atoms with van der Waals surface area (Å²) < 4.78 is 5.93. The highest BCUT2D eigenvalue weighted by Gasteiger charge is 2.65. The van der Waals surface area contributed by atoms with E-state index in [9.17, 15) is 15.0 Å². The van der Waals surface area contributed by atoms with Gasteiger partial charge in [0.2, 0.25) is 0 Å². The average Bonchev–Trinajstić information content (AvgIpc) is 2.86. The molecule has 2 aliphatic rings. The molecule has 4 heteroatoms. The summed E-state index contributed by atoms with van der Waals surface area (Å²) in [7, 11) is 0. The van der Waals surface area contributed by atoms with Gasteiger partial charge in [0, 0.05) is 5.56 Å². The van der Waals surface area contributed by atoms with E-state index in [1.165, 1.54) is 6.08 Å². The van der Waals surface area contributed by atoms with Gasteiger partial charge < -0.3 is 14.9 Å². The van der Waals surface area contributed by atoms with Crippen LogP contribution in [0.5, 0.6) is 11.5 Å². The topological polar surface area (TPSA) is 66.8 Å². The molecule has 4 nitrogen and oxygen atoms in total. The van der Waals surface area contributed by atoms with E-state index in [1.807, 2.05) is 33.8 Å². The third-order valence-electron chi connectivity index (χ3n) is 5.47. The summed E-state index contributed by atoms with van der Waals surface area (Å²) in [5, 5.41) is 21.8. The zero-order chi connectivity index (χ0) is 17.0. The number of phenols is 1. The highest BCUT2D eigenvalue weighted by molar-refractivity contribution is 5.98. The molecular formula is C19H24O4. The molecule has 124 valence electrons. The van der Waals surface area contributed by atoms with Gasteiger partial charge in [-0.2, -0.15) is 0 Å². The molecule has 0 aromatic heterocycles. The molecule has 0 amide bonds. The molecule has 3 rings (SSSR count). The van der Waals surface area contributed by atoms with Crippen LogP contribution in [-0.4, -0.2) is 27.7 Å². The maximum atomic E-state index is 12.6. The van der Waals surface area contributed by atoms with E-state index < -0.39 is 17.1 Å². The molecule has 0 radical (unpaired) electrons. The van der Waals surface area contributed by atoms with Crippen LogP contribution >= 0.6 is 0 Å². The van der Waals surface area contributed by atoms with Crippen molar-refractivity contribution in [1.29, 1.82) is 0 Å². The molecule has 0 fully saturated rings. The van der Waals surface area contributed by atoms with E-state index in [4.69, 9.17) is 4.74 Å². The first-order valence-corrected chi connectivity index (χ1v) is 8.24. The summed E-state index contributed by atoms with van der Waals surface area (Å²) in [6.07, 6.45) is 3.68. The average molecular weight is 316 g/mol. The van der Waals surface area contributed by atoms with E-state index in [-0.39, 0.29) is 17.5 Å². The van der Waals surface area contributed by atoms with E-state index in [0.717, 1.165) is 17.5 Å². The standard InChI is InChI=1S/C19H24O4/c1-5-9-18-15-12(4)6-7-13(20)16(15)23-17(18)14(21)8-10-19(18,22)11(2)3/h6-8,10-11,17,20,22H,5,9H2,1-4H3/t17?,18-,19?/m0/s1. The first-order valence-electron chi connectivity index (χ1n) is 8.24. The second-order valence-electron chi connectivity index (χ2n) is 7.04. The van der Waals surface area contributed by atoms with Crippen LogP contribution < -0.4 is 4.74 Å². The van der Waals surface area contributed by atoms with Gasteiger partial charge in [0.1, 0.15) is 0 Å². The van der Waals surface area contributed by atoms with Gasteiger partial charge in [0.05, 0.1) is 11.0 Å². The zero-order valence-corrected chi connectivity index (χ0v) is 14.1. The molecule has 0 bridgehead atoms. The summed E-state index contributed by atoms with van der Waals surface area (Å²) in [4.78, 5) is 12.6. The molecule has 1 aliphatic heterocycles. The first-order chi connectivity index (χ1) is 10.8. The molecule has 3 atom stereocenters. The Bertz CT molecular complexity index is 691. The number of benzene rings is 1. The van der Waals surface area contributed by atoms with Gasteiger partial charge >= 0.3 is 0 Å². The fourth-order valence-electron chi connectivity index (χ4n) is 4.41. The van der Waals surface area contributed by atoms with Crippen LogP contribution in [0.1, 0.15) is 44.7 Å². The maximum Gasteiger partial charge on any atom is 0.196 e. The number of ether oxygens (including phenoxy) is 1. The summed E-state index contributed by atoms with van der Waals surface area (Å²) in [5.41, 5.74) is -0.361. The van der Waals surface area contributed by atoms with Gasteiger partial charge in [-0.05, 0) is 43.0 Å². The Kier molecular flexibility index (Phi) is 3.56. The normalized spacial score (nSPS) is 31.9. The second kappa shape index (κ2) is 5.10. The number of hydrogen-bond donors (Lipinski definition) is 2. The monoisotopic (exact) mass is 316 g/mol. The van der Waals surface area contributed by atoms with Crippen molar-refractivity contribution >= 4 is 5.78 Å². The number of carbonyl (C=O) groups is 1. The Morgan fingerprint density at radius 2 is 2.04 bits per heavy atom. The number of ketones is 1. The van der Waals surface area contributed by atoms with Crippen LogP contribution in [0.15, 0.2) is 24.3 Å². The van der Waals surface area contributed by atoms with Gasteiger partial charge in [0.15, 0.2) is 23.4 Å². The summed E-state index contributed by atoms with van der Waals surface area (Å²) in [5.74, 6) is 0.116. The van der Waals surface area contributed by atoms with E-state index >= 15 is 0 Å². The van der Waals surface area contributed by atoms with Crippen molar-refractivity contribution in [2.75, 3.05) is 0 Å². The minimum atomic E-state index is -1.20. The van der Waals surface area contributed by atoms with Crippen LogP contribution in [0, 0.1) is 12.8 Å². The highest BCUT2D eigenvalue weighted by Crippen LogP contribution is 2.59. The fraction of sp³-hybridized carbons (Fsp3) is 0.526. The van der Waals surface area contributed by atoms with E-state index in [1.54, 1.807) is 12.1 Å². The lowest BCUT2D eigenvalue weighted by Crippen LogP contribution is -2.63. The van der Waals surface area contributed by atoms with Gasteiger partial charge in [-0.15, -0.1) is 0 Å². The van der Waals surface area contributed by atoms with Crippen molar-refractivity contribution in [2.45, 2.75) is 57.7 Å². The number of fused-ring (bicyclic) bond motifs is 3. The van der Waals surface area contributed by atoms with Crippen molar-refractivity contribution in [3.63, 3.8) is 0 Å². The predicted octanol–water partition coefficient (Wildman–Crippen LogP) is 3.03. The Labute approximate surface area is 136 Å². The second-order valence-corrected chi connectivity index (χ2v) is 7.04. The quantitative estimate of drug-likeness (QED) is 0.899. The van der Waals surface area contributed by atoms with Gasteiger partial charge in [-0.3, -0.25) is 4.79 Å². The minimum absolute atomic E-state index is 0.0226. The molecule has 0 saturated heterocycles. The van der Waals surface area contributed by atoms with E-state index in [2.05, 4.69) is 0 Å². The van der Waals surface area contributed by atoms with Crippen LogP contribution in [0.3, 0.4) is 0 Å². The van der Waals surface area contributed by atoms with Crippen molar-refractivity contribution in [2.24, 2.45) is 5.92 Å². The van der Waals surface area contributed by atoms with Gasteiger partial charge in [-0.1, -0.05) is 33.3 Å². The van der Waals surface area contributed by atoms with Crippen molar-refractivity contribution in [1.82, 2.24) is 0 Å². The number of carbonyl (C=O) groups excluding carboxylic acids is 1. The number of rotatable bonds is 3. The molecule has 2 N–H and O–H groups in total. The molecule has 23 heavy (non-hydrogen) atoms. The predicted molar refractivity (Wildman–Crippen MR) is 87.8 cm³/mol. The largest absolute Gasteiger partial charge is 0.504 e. The molecule has 0 saturated carbocycles. The third kappa shape index (κ3) is 1.84. The Balaban J connectivity index is 2.39. The molecule has 1 heterocycles. The lowest BCUT2D eigenvalue weighted by atomic mass is 9.55. The SMILES string of the molecule is CCC[C@]12c3c(C)ccc(O)c3OC1C(=O)C=CC2(O)C(C)C. The third-order valence-corrected chi connectivity index (χ3v) is 5.47. The molecule has 0 spiro atoms. The van der Waals surface area contributed by atoms with Crippen molar-refractivity contribution in [3.05, 3.63) is 35.4 Å².